The van der Waals surface area contributed by atoms with Gasteiger partial charge in [-0.15, -0.1) is 0 Å². The van der Waals surface area contributed by atoms with E-state index in [1.165, 1.54) is 64.4 Å². The van der Waals surface area contributed by atoms with Crippen LogP contribution in [-0.2, 0) is 5.41 Å². The molecular formula is C55H44N2. The summed E-state index contributed by atoms with van der Waals surface area (Å²) >= 11 is 0. The van der Waals surface area contributed by atoms with Crippen molar-refractivity contribution in [3.63, 3.8) is 0 Å². The van der Waals surface area contributed by atoms with Gasteiger partial charge in [-0.3, -0.25) is 0 Å². The molecule has 4 fully saturated rings. The van der Waals surface area contributed by atoms with Gasteiger partial charge < -0.3 is 9.80 Å². The fraction of sp³-hybridized carbons (Fsp3) is 0.164. The zero-order valence-electron chi connectivity index (χ0n) is 32.0. The lowest BCUT2D eigenvalue weighted by Crippen LogP contribution is -2.87. The van der Waals surface area contributed by atoms with Crippen LogP contribution in [0.5, 0.6) is 0 Å². The maximum Gasteiger partial charge on any atom is 0.0540 e. The molecule has 0 heterocycles. The number of benzene rings is 8. The van der Waals surface area contributed by atoms with E-state index in [2.05, 4.69) is 210 Å². The molecule has 4 aliphatic rings. The first-order valence-corrected chi connectivity index (χ1v) is 20.8. The minimum absolute atomic E-state index is 0.517. The topological polar surface area (TPSA) is 6.48 Å². The molecule has 0 N–H and O–H groups in total. The fourth-order valence-corrected chi connectivity index (χ4v) is 12.2. The van der Waals surface area contributed by atoms with Gasteiger partial charge in [0.1, 0.15) is 0 Å². The Labute approximate surface area is 335 Å². The molecule has 4 saturated carbocycles. The van der Waals surface area contributed by atoms with Gasteiger partial charge in [-0.05, 0) is 149 Å². The predicted molar refractivity (Wildman–Crippen MR) is 237 cm³/mol. The van der Waals surface area contributed by atoms with E-state index in [0.29, 0.717) is 5.41 Å². The molecule has 0 saturated heterocycles. The van der Waals surface area contributed by atoms with Gasteiger partial charge in [-0.1, -0.05) is 133 Å². The number of fused-ring (bicyclic) bond motifs is 1. The summed E-state index contributed by atoms with van der Waals surface area (Å²) < 4.78 is 0. The summed E-state index contributed by atoms with van der Waals surface area (Å²) in [6.07, 6.45) is 5.92. The minimum Gasteiger partial charge on any atom is -0.311 e. The van der Waals surface area contributed by atoms with Gasteiger partial charge in [0.25, 0.3) is 0 Å². The minimum atomic E-state index is 0.517. The summed E-state index contributed by atoms with van der Waals surface area (Å²) in [6.45, 7) is 0. The van der Waals surface area contributed by atoms with Crippen molar-refractivity contribution < 1.29 is 0 Å². The summed E-state index contributed by atoms with van der Waals surface area (Å²) in [5, 5.41) is 2.46. The Kier molecular flexibility index (Phi) is 7.24. The summed E-state index contributed by atoms with van der Waals surface area (Å²) in [6, 6.07) is 73.3. The molecule has 2 unspecified atom stereocenters. The number of hydrogen-bond donors (Lipinski definition) is 0. The van der Waals surface area contributed by atoms with Crippen molar-refractivity contribution in [1.82, 2.24) is 0 Å². The molecule has 0 aromatic heterocycles. The van der Waals surface area contributed by atoms with Gasteiger partial charge in [-0.25, -0.2) is 0 Å². The first-order valence-electron chi connectivity index (χ1n) is 20.8. The van der Waals surface area contributed by atoms with Crippen LogP contribution in [0.4, 0.5) is 34.1 Å². The van der Waals surface area contributed by atoms with Crippen LogP contribution in [-0.4, -0.2) is 0 Å². The molecule has 2 heteroatoms. The van der Waals surface area contributed by atoms with Gasteiger partial charge >= 0.3 is 0 Å². The van der Waals surface area contributed by atoms with Crippen molar-refractivity contribution in [2.45, 2.75) is 31.1 Å². The number of para-hydroxylation sites is 2. The van der Waals surface area contributed by atoms with Gasteiger partial charge in [0.05, 0.1) is 5.69 Å². The molecule has 57 heavy (non-hydrogen) atoms. The van der Waals surface area contributed by atoms with Gasteiger partial charge in [0, 0.05) is 39.2 Å². The van der Waals surface area contributed by atoms with Gasteiger partial charge in [-0.2, -0.15) is 0 Å². The largest absolute Gasteiger partial charge is 0.311 e. The van der Waals surface area contributed by atoms with Crippen LogP contribution in [0.1, 0.15) is 31.2 Å². The quantitative estimate of drug-likeness (QED) is 0.146. The first kappa shape index (κ1) is 32.8. The molecule has 0 aliphatic heterocycles. The Morgan fingerprint density at radius 2 is 0.772 bits per heavy atom. The highest BCUT2D eigenvalue weighted by Crippen LogP contribution is 2.92. The maximum absolute atomic E-state index is 2.47. The lowest BCUT2D eigenvalue weighted by molar-refractivity contribution is -0.395. The molecule has 0 radical (unpaired) electrons. The van der Waals surface area contributed by atoms with Crippen LogP contribution < -0.4 is 9.80 Å². The third kappa shape index (κ3) is 4.77. The van der Waals surface area contributed by atoms with Crippen molar-refractivity contribution in [3.8, 4) is 22.3 Å². The second-order valence-corrected chi connectivity index (χ2v) is 17.0. The molecule has 8 aromatic rings. The van der Waals surface area contributed by atoms with E-state index in [4.69, 9.17) is 0 Å². The normalized spacial score (nSPS) is 23.5. The molecule has 274 valence electrons. The van der Waals surface area contributed by atoms with Gasteiger partial charge in [0.15, 0.2) is 0 Å². The average molecular weight is 733 g/mol. The molecule has 1 spiro atoms. The summed E-state index contributed by atoms with van der Waals surface area (Å²) in [5.74, 6) is 3.11. The predicted octanol–water partition coefficient (Wildman–Crippen LogP) is 14.8. The van der Waals surface area contributed by atoms with Crippen molar-refractivity contribution in [3.05, 3.63) is 206 Å². The Balaban J connectivity index is 0.817. The third-order valence-corrected chi connectivity index (χ3v) is 14.7. The Hall–Kier alpha value is -6.38. The maximum atomic E-state index is 2.47. The van der Waals surface area contributed by atoms with Crippen LogP contribution in [0.3, 0.4) is 0 Å². The van der Waals surface area contributed by atoms with Crippen LogP contribution >= 0.6 is 0 Å². The standard InChI is InChI=1S/C55H44N2/c1-3-12-47(13-4-1)56(49-28-20-39(21-29-49)38-18-26-43(27-19-38)54-36-45-34-44-35-46(37-54)55(44,45)54)50-30-22-40(23-31-50)41-24-32-51(33-25-41)57(48-14-5-2-6-15-48)53-17-9-11-42-10-7-8-16-52(42)53/h1-33,44-46H,34-37H2. The van der Waals surface area contributed by atoms with Crippen LogP contribution in [0.2, 0.25) is 0 Å². The molecule has 12 rings (SSSR count). The number of nitrogens with zero attached hydrogens (tertiary/aromatic N) is 2. The van der Waals surface area contributed by atoms with Crippen LogP contribution in [0.15, 0.2) is 200 Å². The van der Waals surface area contributed by atoms with E-state index >= 15 is 0 Å². The highest BCUT2D eigenvalue weighted by atomic mass is 15.1. The molecule has 2 nitrogen and oxygen atoms in total. The molecule has 8 aromatic carbocycles. The zero-order valence-corrected chi connectivity index (χ0v) is 32.0. The lowest BCUT2D eigenvalue weighted by atomic mass is 9.12. The second-order valence-electron chi connectivity index (χ2n) is 17.0. The summed E-state index contributed by atoms with van der Waals surface area (Å²) in [5.41, 5.74) is 14.6. The number of hydrogen-bond acceptors (Lipinski definition) is 2. The number of rotatable bonds is 9. The zero-order chi connectivity index (χ0) is 37.6. The molecule has 2 atom stereocenters. The van der Waals surface area contributed by atoms with E-state index in [0.717, 1.165) is 51.6 Å². The molecule has 4 aliphatic carbocycles. The smallest absolute Gasteiger partial charge is 0.0540 e. The molecular weight excluding hydrogens is 689 g/mol. The monoisotopic (exact) mass is 732 g/mol. The highest BCUT2D eigenvalue weighted by molar-refractivity contribution is 5.99. The average Bonchev–Trinajstić information content (AvgIpc) is 3.25. The van der Waals surface area contributed by atoms with Crippen molar-refractivity contribution in [2.24, 2.45) is 23.2 Å². The summed E-state index contributed by atoms with van der Waals surface area (Å²) in [7, 11) is 0. The number of anilines is 6. The van der Waals surface area contributed by atoms with E-state index in [-0.39, 0.29) is 0 Å². The van der Waals surface area contributed by atoms with Crippen molar-refractivity contribution >= 4 is 44.9 Å². The second kappa shape index (κ2) is 12.6. The lowest BCUT2D eigenvalue weighted by Gasteiger charge is -2.91. The van der Waals surface area contributed by atoms with Crippen molar-refractivity contribution in [1.29, 1.82) is 0 Å². The third-order valence-electron chi connectivity index (χ3n) is 14.7. The van der Waals surface area contributed by atoms with Gasteiger partial charge in [0.2, 0.25) is 0 Å². The van der Waals surface area contributed by atoms with Crippen LogP contribution in [0, 0.1) is 23.2 Å². The van der Waals surface area contributed by atoms with E-state index in [1.54, 1.807) is 5.56 Å². The Morgan fingerprint density at radius 1 is 0.351 bits per heavy atom. The van der Waals surface area contributed by atoms with Crippen molar-refractivity contribution in [2.75, 3.05) is 9.80 Å². The van der Waals surface area contributed by atoms with E-state index in [9.17, 15) is 0 Å². The molecule has 0 amide bonds. The van der Waals surface area contributed by atoms with E-state index < -0.39 is 0 Å². The Morgan fingerprint density at radius 3 is 1.28 bits per heavy atom. The fourth-order valence-electron chi connectivity index (χ4n) is 12.2. The Bertz CT molecular complexity index is 2710. The highest BCUT2D eigenvalue weighted by Gasteiger charge is 2.87. The summed E-state index contributed by atoms with van der Waals surface area (Å²) in [4.78, 5) is 4.71. The van der Waals surface area contributed by atoms with Crippen LogP contribution in [0.25, 0.3) is 33.0 Å². The molecule has 0 bridgehead atoms. The first-order chi connectivity index (χ1) is 28.2. The SMILES string of the molecule is c1ccc(N(c2ccc(-c3ccc(N(c4ccccc4)c4cccc5ccccc45)cc3)cc2)c2ccc(-c3ccc(C45CC6CC7CC(C4)C765)cc3)cc2)cc1. The van der Waals surface area contributed by atoms with E-state index in [1.807, 2.05) is 0 Å².